The Morgan fingerprint density at radius 3 is 2.39 bits per heavy atom. The number of benzene rings is 2. The lowest BCUT2D eigenvalue weighted by molar-refractivity contribution is 0.0956. The second kappa shape index (κ2) is 9.82. The minimum Gasteiger partial charge on any atom is -0.351 e. The molecule has 1 aromatic heterocycles. The van der Waals surface area contributed by atoms with Crippen LogP contribution in [0.3, 0.4) is 0 Å². The number of halogens is 1. The highest BCUT2D eigenvalue weighted by Gasteiger charge is 2.21. The first-order valence-corrected chi connectivity index (χ1v) is 10.2. The van der Waals surface area contributed by atoms with Gasteiger partial charge in [0, 0.05) is 17.7 Å². The van der Waals surface area contributed by atoms with Crippen molar-refractivity contribution in [3.8, 4) is 21.8 Å². The molecule has 0 saturated carbocycles. The summed E-state index contributed by atoms with van der Waals surface area (Å²) < 4.78 is 0. The average molecular weight is 414 g/mol. The van der Waals surface area contributed by atoms with Crippen LogP contribution in [0.1, 0.15) is 22.5 Å². The van der Waals surface area contributed by atoms with Crippen LogP contribution in [0.5, 0.6) is 0 Å². The maximum atomic E-state index is 12.9. The summed E-state index contributed by atoms with van der Waals surface area (Å²) in [6.07, 6.45) is 2.22. The van der Waals surface area contributed by atoms with Gasteiger partial charge >= 0.3 is 0 Å². The zero-order valence-electron chi connectivity index (χ0n) is 15.6. The fraction of sp³-hybridized carbons (Fsp3) is 0.273. The van der Waals surface area contributed by atoms with E-state index in [-0.39, 0.29) is 18.3 Å². The molecule has 2 N–H and O–H groups in total. The molecule has 0 aliphatic carbocycles. The van der Waals surface area contributed by atoms with E-state index in [1.54, 1.807) is 0 Å². The predicted octanol–water partition coefficient (Wildman–Crippen LogP) is 4.63. The maximum Gasteiger partial charge on any atom is 0.263 e. The van der Waals surface area contributed by atoms with Crippen molar-refractivity contribution in [3.63, 3.8) is 0 Å². The van der Waals surface area contributed by atoms with Crippen LogP contribution in [0.25, 0.3) is 21.8 Å². The zero-order valence-corrected chi connectivity index (χ0v) is 17.2. The van der Waals surface area contributed by atoms with E-state index in [0.717, 1.165) is 41.3 Å². The molecule has 1 saturated heterocycles. The summed E-state index contributed by atoms with van der Waals surface area (Å²) in [6, 6.07) is 20.0. The van der Waals surface area contributed by atoms with E-state index in [0.29, 0.717) is 17.3 Å². The van der Waals surface area contributed by atoms with E-state index in [1.807, 2.05) is 60.7 Å². The largest absolute Gasteiger partial charge is 0.351 e. The first-order chi connectivity index (χ1) is 13.3. The van der Waals surface area contributed by atoms with Crippen LogP contribution in [0.2, 0.25) is 0 Å². The zero-order chi connectivity index (χ0) is 18.5. The minimum atomic E-state index is -0.0282. The van der Waals surface area contributed by atoms with Gasteiger partial charge < -0.3 is 10.6 Å². The third-order valence-electron chi connectivity index (χ3n) is 4.90. The Bertz CT molecular complexity index is 893. The Balaban J connectivity index is 0.00000225. The van der Waals surface area contributed by atoms with Crippen LogP contribution in [0.15, 0.2) is 60.7 Å². The Hall–Kier alpha value is -2.21. The summed E-state index contributed by atoms with van der Waals surface area (Å²) >= 11 is 1.46. The standard InChI is InChI=1S/C22H23N3OS.ClH/c26-21(24-14-12-16-11-13-23-15-16)20-19(17-7-3-1-4-8-17)25-22(27-20)18-9-5-2-6-10-18;/h1-10,16,23H,11-15H2,(H,24,26);1H. The Morgan fingerprint density at radius 2 is 1.75 bits per heavy atom. The number of hydrogen-bond acceptors (Lipinski definition) is 4. The van der Waals surface area contributed by atoms with Crippen molar-refractivity contribution in [2.24, 2.45) is 5.92 Å². The van der Waals surface area contributed by atoms with Crippen molar-refractivity contribution in [1.29, 1.82) is 0 Å². The molecule has 1 amide bonds. The number of carbonyl (C=O) groups excluding carboxylic acids is 1. The number of thiazole rings is 1. The van der Waals surface area contributed by atoms with Crippen LogP contribution in [-0.2, 0) is 0 Å². The number of amides is 1. The van der Waals surface area contributed by atoms with Gasteiger partial charge in [-0.2, -0.15) is 0 Å². The summed E-state index contributed by atoms with van der Waals surface area (Å²) in [5.41, 5.74) is 2.77. The molecule has 6 heteroatoms. The van der Waals surface area contributed by atoms with Crippen molar-refractivity contribution in [2.75, 3.05) is 19.6 Å². The smallest absolute Gasteiger partial charge is 0.263 e. The summed E-state index contributed by atoms with van der Waals surface area (Å²) in [4.78, 5) is 18.4. The van der Waals surface area contributed by atoms with Crippen LogP contribution in [0, 0.1) is 5.92 Å². The highest BCUT2D eigenvalue weighted by atomic mass is 35.5. The molecule has 4 nitrogen and oxygen atoms in total. The van der Waals surface area contributed by atoms with Crippen molar-refractivity contribution in [1.82, 2.24) is 15.6 Å². The molecule has 1 aliphatic rings. The minimum absolute atomic E-state index is 0. The first-order valence-electron chi connectivity index (χ1n) is 9.42. The molecule has 28 heavy (non-hydrogen) atoms. The molecule has 0 radical (unpaired) electrons. The fourth-order valence-electron chi connectivity index (χ4n) is 3.40. The third-order valence-corrected chi connectivity index (χ3v) is 6.01. The number of aromatic nitrogens is 1. The molecule has 2 aromatic carbocycles. The highest BCUT2D eigenvalue weighted by molar-refractivity contribution is 7.17. The molecule has 1 aliphatic heterocycles. The molecule has 0 spiro atoms. The Kier molecular flexibility index (Phi) is 7.20. The third kappa shape index (κ3) is 4.79. The normalized spacial score (nSPS) is 15.8. The van der Waals surface area contributed by atoms with Gasteiger partial charge in [0.05, 0.1) is 5.69 Å². The van der Waals surface area contributed by atoms with Crippen molar-refractivity contribution in [3.05, 3.63) is 65.5 Å². The molecular weight excluding hydrogens is 390 g/mol. The predicted molar refractivity (Wildman–Crippen MR) is 118 cm³/mol. The average Bonchev–Trinajstić information content (AvgIpc) is 3.39. The van der Waals surface area contributed by atoms with E-state index in [2.05, 4.69) is 10.6 Å². The van der Waals surface area contributed by atoms with E-state index in [1.165, 1.54) is 17.8 Å². The van der Waals surface area contributed by atoms with Gasteiger partial charge in [0.15, 0.2) is 0 Å². The summed E-state index contributed by atoms with van der Waals surface area (Å²) in [5, 5.41) is 7.35. The van der Waals surface area contributed by atoms with Gasteiger partial charge in [0.1, 0.15) is 9.88 Å². The molecule has 3 aromatic rings. The van der Waals surface area contributed by atoms with E-state index in [9.17, 15) is 4.79 Å². The molecule has 146 valence electrons. The van der Waals surface area contributed by atoms with E-state index < -0.39 is 0 Å². The SMILES string of the molecule is Cl.O=C(NCCC1CCNC1)c1sc(-c2ccccc2)nc1-c1ccccc1. The molecule has 1 atom stereocenters. The van der Waals surface area contributed by atoms with Gasteiger partial charge in [-0.25, -0.2) is 4.98 Å². The summed E-state index contributed by atoms with van der Waals surface area (Å²) in [5.74, 6) is 0.639. The topological polar surface area (TPSA) is 54.0 Å². The maximum absolute atomic E-state index is 12.9. The van der Waals surface area contributed by atoms with E-state index in [4.69, 9.17) is 4.98 Å². The lowest BCUT2D eigenvalue weighted by atomic mass is 10.1. The lowest BCUT2D eigenvalue weighted by Crippen LogP contribution is -2.26. The van der Waals surface area contributed by atoms with Crippen molar-refractivity contribution in [2.45, 2.75) is 12.8 Å². The summed E-state index contributed by atoms with van der Waals surface area (Å²) in [7, 11) is 0. The van der Waals surface area contributed by atoms with E-state index >= 15 is 0 Å². The van der Waals surface area contributed by atoms with Crippen LogP contribution in [-0.4, -0.2) is 30.5 Å². The quantitative estimate of drug-likeness (QED) is 0.619. The second-order valence-electron chi connectivity index (χ2n) is 6.83. The molecule has 1 unspecified atom stereocenters. The molecule has 0 bridgehead atoms. The second-order valence-corrected chi connectivity index (χ2v) is 7.83. The molecule has 2 heterocycles. The highest BCUT2D eigenvalue weighted by Crippen LogP contribution is 2.33. The van der Waals surface area contributed by atoms with Gasteiger partial charge in [-0.15, -0.1) is 23.7 Å². The monoisotopic (exact) mass is 413 g/mol. The van der Waals surface area contributed by atoms with Gasteiger partial charge in [-0.1, -0.05) is 60.7 Å². The van der Waals surface area contributed by atoms with Crippen LogP contribution in [0.4, 0.5) is 0 Å². The molecule has 4 rings (SSSR count). The van der Waals surface area contributed by atoms with Gasteiger partial charge in [0.2, 0.25) is 0 Å². The lowest BCUT2D eigenvalue weighted by Gasteiger charge is -2.09. The fourth-order valence-corrected chi connectivity index (χ4v) is 4.41. The number of hydrogen-bond donors (Lipinski definition) is 2. The number of nitrogens with zero attached hydrogens (tertiary/aromatic N) is 1. The van der Waals surface area contributed by atoms with Gasteiger partial charge in [-0.3, -0.25) is 4.79 Å². The number of rotatable bonds is 6. The first kappa shape index (κ1) is 20.5. The van der Waals surface area contributed by atoms with Crippen molar-refractivity contribution >= 4 is 29.7 Å². The van der Waals surface area contributed by atoms with Gasteiger partial charge in [-0.05, 0) is 31.8 Å². The van der Waals surface area contributed by atoms with Crippen molar-refractivity contribution < 1.29 is 4.79 Å². The van der Waals surface area contributed by atoms with Crippen LogP contribution >= 0.6 is 23.7 Å². The molecule has 1 fully saturated rings. The van der Waals surface area contributed by atoms with Gasteiger partial charge in [0.25, 0.3) is 5.91 Å². The summed E-state index contributed by atoms with van der Waals surface area (Å²) in [6.45, 7) is 2.86. The molecular formula is C22H24ClN3OS. The number of carbonyl (C=O) groups is 1. The van der Waals surface area contributed by atoms with Crippen LogP contribution < -0.4 is 10.6 Å². The Labute approximate surface area is 175 Å². The Morgan fingerprint density at radius 1 is 1.07 bits per heavy atom. The number of nitrogens with one attached hydrogen (secondary N) is 2.